The van der Waals surface area contributed by atoms with Crippen molar-refractivity contribution in [2.75, 3.05) is 0 Å². The van der Waals surface area contributed by atoms with Crippen molar-refractivity contribution in [1.29, 1.82) is 5.26 Å². The van der Waals surface area contributed by atoms with E-state index in [1.54, 1.807) is 0 Å². The Morgan fingerprint density at radius 2 is 1.96 bits per heavy atom. The molecule has 0 aliphatic carbocycles. The number of hydrogen-bond donors (Lipinski definition) is 1. The van der Waals surface area contributed by atoms with E-state index in [0.29, 0.717) is 5.56 Å². The monoisotopic (exact) mass is 317 g/mol. The van der Waals surface area contributed by atoms with Crippen LogP contribution in [0.15, 0.2) is 47.5 Å². The molecular weight excluding hydrogens is 306 g/mol. The lowest BCUT2D eigenvalue weighted by Crippen LogP contribution is -2.24. The fourth-order valence-corrected chi connectivity index (χ4v) is 2.65. The maximum absolute atomic E-state index is 12.4. The van der Waals surface area contributed by atoms with Gasteiger partial charge in [-0.25, -0.2) is 4.79 Å². The average Bonchev–Trinajstić information content (AvgIpc) is 2.98. The van der Waals surface area contributed by atoms with Crippen molar-refractivity contribution in [3.63, 3.8) is 0 Å². The maximum Gasteiger partial charge on any atom is 0.342 e. The molecule has 2 heterocycles. The van der Waals surface area contributed by atoms with Crippen molar-refractivity contribution in [3.05, 3.63) is 64.2 Å². The van der Waals surface area contributed by atoms with Crippen LogP contribution in [0.3, 0.4) is 0 Å². The molecule has 6 nitrogen and oxygen atoms in total. The molecule has 116 valence electrons. The Labute approximate surface area is 136 Å². The number of hydrogen-bond acceptors (Lipinski definition) is 3. The second-order valence-electron chi connectivity index (χ2n) is 5.07. The van der Waals surface area contributed by atoms with Gasteiger partial charge in [-0.15, -0.1) is 6.42 Å². The molecule has 0 spiro atoms. The highest BCUT2D eigenvalue weighted by Gasteiger charge is 2.20. The third-order valence-electron chi connectivity index (χ3n) is 3.67. The van der Waals surface area contributed by atoms with E-state index >= 15 is 0 Å². The Kier molecular flexibility index (Phi) is 3.65. The lowest BCUT2D eigenvalue weighted by molar-refractivity contribution is 0.0693. The number of carboxylic acids is 1. The number of fused-ring (bicyclic) bond motifs is 1. The van der Waals surface area contributed by atoms with Crippen molar-refractivity contribution < 1.29 is 9.90 Å². The molecule has 6 heteroatoms. The SMILES string of the molecule is C#CCn1cc(C(=O)O)c(=O)n2cc(-c3ccccc3)c(C#N)c12. The van der Waals surface area contributed by atoms with Crippen molar-refractivity contribution in [1.82, 2.24) is 8.97 Å². The number of rotatable bonds is 3. The summed E-state index contributed by atoms with van der Waals surface area (Å²) in [6.45, 7) is 0.0387. The first kappa shape index (κ1) is 15.1. The van der Waals surface area contributed by atoms with E-state index in [0.717, 1.165) is 5.56 Å². The zero-order valence-corrected chi connectivity index (χ0v) is 12.4. The minimum absolute atomic E-state index is 0.0387. The highest BCUT2D eigenvalue weighted by molar-refractivity contribution is 5.88. The predicted molar refractivity (Wildman–Crippen MR) is 87.6 cm³/mol. The van der Waals surface area contributed by atoms with Gasteiger partial charge in [0.25, 0.3) is 5.56 Å². The first-order chi connectivity index (χ1) is 11.6. The molecule has 0 unspecified atom stereocenters. The second-order valence-corrected chi connectivity index (χ2v) is 5.07. The summed E-state index contributed by atoms with van der Waals surface area (Å²) in [5, 5.41) is 18.8. The molecule has 0 atom stereocenters. The number of carboxylic acid groups (broad SMARTS) is 1. The quantitative estimate of drug-likeness (QED) is 0.748. The molecule has 0 aliphatic heterocycles. The van der Waals surface area contributed by atoms with Crippen molar-refractivity contribution >= 4 is 11.6 Å². The molecule has 0 amide bonds. The van der Waals surface area contributed by atoms with E-state index in [1.165, 1.54) is 21.4 Å². The molecule has 3 aromatic rings. The van der Waals surface area contributed by atoms with Gasteiger partial charge in [-0.1, -0.05) is 36.3 Å². The van der Waals surface area contributed by atoms with E-state index in [-0.39, 0.29) is 17.8 Å². The Morgan fingerprint density at radius 1 is 1.25 bits per heavy atom. The van der Waals surface area contributed by atoms with Crippen molar-refractivity contribution in [3.8, 4) is 29.5 Å². The third-order valence-corrected chi connectivity index (χ3v) is 3.67. The number of nitrogens with zero attached hydrogens (tertiary/aromatic N) is 3. The van der Waals surface area contributed by atoms with Crippen LogP contribution < -0.4 is 5.56 Å². The number of aromatic nitrogens is 2. The van der Waals surface area contributed by atoms with E-state index in [4.69, 9.17) is 6.42 Å². The van der Waals surface area contributed by atoms with E-state index < -0.39 is 17.1 Å². The highest BCUT2D eigenvalue weighted by atomic mass is 16.4. The minimum Gasteiger partial charge on any atom is -0.477 e. The Morgan fingerprint density at radius 3 is 2.54 bits per heavy atom. The summed E-state index contributed by atoms with van der Waals surface area (Å²) in [5.41, 5.74) is 0.737. The van der Waals surface area contributed by atoms with Gasteiger partial charge in [0.15, 0.2) is 0 Å². The van der Waals surface area contributed by atoms with Crippen LogP contribution in [-0.4, -0.2) is 20.0 Å². The van der Waals surface area contributed by atoms with E-state index in [9.17, 15) is 20.0 Å². The molecule has 3 rings (SSSR count). The Bertz CT molecular complexity index is 1090. The maximum atomic E-state index is 12.4. The van der Waals surface area contributed by atoms with Gasteiger partial charge in [-0.05, 0) is 5.56 Å². The molecular formula is C18H11N3O3. The largest absolute Gasteiger partial charge is 0.477 e. The topological polar surface area (TPSA) is 87.5 Å². The van der Waals surface area contributed by atoms with Crippen LogP contribution in [0.2, 0.25) is 0 Å². The summed E-state index contributed by atoms with van der Waals surface area (Å²) >= 11 is 0. The van der Waals surface area contributed by atoms with Crippen LogP contribution in [0.25, 0.3) is 16.8 Å². The van der Waals surface area contributed by atoms with Crippen molar-refractivity contribution in [2.24, 2.45) is 0 Å². The van der Waals surface area contributed by atoms with Gasteiger partial charge in [0.1, 0.15) is 22.8 Å². The molecule has 0 aliphatic rings. The molecule has 0 bridgehead atoms. The summed E-state index contributed by atoms with van der Waals surface area (Å²) in [6, 6.07) is 11.2. The smallest absolute Gasteiger partial charge is 0.342 e. The van der Waals surface area contributed by atoms with Gasteiger partial charge in [-0.3, -0.25) is 9.20 Å². The van der Waals surface area contributed by atoms with Crippen LogP contribution in [0, 0.1) is 23.7 Å². The first-order valence-corrected chi connectivity index (χ1v) is 6.99. The van der Waals surface area contributed by atoms with Gasteiger partial charge in [0.05, 0.1) is 6.54 Å². The van der Waals surface area contributed by atoms with Crippen LogP contribution in [0.5, 0.6) is 0 Å². The molecule has 24 heavy (non-hydrogen) atoms. The van der Waals surface area contributed by atoms with Crippen LogP contribution in [0.4, 0.5) is 0 Å². The second kappa shape index (κ2) is 5.79. The zero-order valence-electron chi connectivity index (χ0n) is 12.4. The number of carbonyl (C=O) groups is 1. The number of benzene rings is 1. The van der Waals surface area contributed by atoms with E-state index in [1.807, 2.05) is 30.3 Å². The Hall–Kier alpha value is -3.77. The summed E-state index contributed by atoms with van der Waals surface area (Å²) in [5.74, 6) is 1.06. The van der Waals surface area contributed by atoms with Crippen LogP contribution in [-0.2, 0) is 6.54 Å². The van der Waals surface area contributed by atoms with Gasteiger partial charge >= 0.3 is 5.97 Å². The minimum atomic E-state index is -1.35. The Balaban J connectivity index is 2.48. The fourth-order valence-electron chi connectivity index (χ4n) is 2.65. The summed E-state index contributed by atoms with van der Waals surface area (Å²) in [7, 11) is 0. The van der Waals surface area contributed by atoms with E-state index in [2.05, 4.69) is 12.0 Å². The summed E-state index contributed by atoms with van der Waals surface area (Å²) < 4.78 is 2.59. The lowest BCUT2D eigenvalue weighted by Gasteiger charge is -2.08. The molecule has 0 saturated carbocycles. The molecule has 1 aromatic carbocycles. The first-order valence-electron chi connectivity index (χ1n) is 6.99. The highest BCUT2D eigenvalue weighted by Crippen LogP contribution is 2.27. The molecule has 0 fully saturated rings. The molecule has 2 aromatic heterocycles. The predicted octanol–water partition coefficient (Wildman–Crippen LogP) is 1.97. The molecule has 0 saturated heterocycles. The summed E-state index contributed by atoms with van der Waals surface area (Å²) in [4.78, 5) is 23.8. The van der Waals surface area contributed by atoms with Gasteiger partial charge in [-0.2, -0.15) is 5.26 Å². The molecule has 0 radical (unpaired) electrons. The van der Waals surface area contributed by atoms with Crippen LogP contribution in [0.1, 0.15) is 15.9 Å². The standard InChI is InChI=1S/C18H11N3O3/c1-2-8-20-10-15(18(23)24)17(22)21-11-14(13(9-19)16(20)21)12-6-4-3-5-7-12/h1,3-7,10-11H,8H2,(H,23,24). The average molecular weight is 317 g/mol. The number of aromatic carboxylic acids is 1. The van der Waals surface area contributed by atoms with Gasteiger partial charge in [0, 0.05) is 18.0 Å². The molecule has 1 N–H and O–H groups in total. The van der Waals surface area contributed by atoms with Gasteiger partial charge in [0.2, 0.25) is 0 Å². The number of terminal acetylenes is 1. The normalized spacial score (nSPS) is 10.2. The van der Waals surface area contributed by atoms with Crippen LogP contribution >= 0.6 is 0 Å². The number of nitriles is 1. The van der Waals surface area contributed by atoms with Crippen molar-refractivity contribution in [2.45, 2.75) is 6.54 Å². The third kappa shape index (κ3) is 2.23. The fraction of sp³-hybridized carbons (Fsp3) is 0.0556. The zero-order chi connectivity index (χ0) is 17.3. The van der Waals surface area contributed by atoms with Gasteiger partial charge < -0.3 is 9.67 Å². The summed E-state index contributed by atoms with van der Waals surface area (Å²) in [6.07, 6.45) is 7.99. The lowest BCUT2D eigenvalue weighted by atomic mass is 10.1.